The number of pyridine rings is 1. The van der Waals surface area contributed by atoms with Gasteiger partial charge in [-0.15, -0.1) is 11.3 Å². The van der Waals surface area contributed by atoms with Crippen LogP contribution in [0.2, 0.25) is 0 Å². The highest BCUT2D eigenvalue weighted by atomic mass is 32.1. The molecule has 3 heterocycles. The summed E-state index contributed by atoms with van der Waals surface area (Å²) in [5.41, 5.74) is -1.76. The van der Waals surface area contributed by atoms with Crippen molar-refractivity contribution in [2.75, 3.05) is 18.4 Å². The van der Waals surface area contributed by atoms with Gasteiger partial charge in [0.25, 0.3) is 18.2 Å². The SMILES string of the molecule is CCC(C)(C)Nc1cc(C(F)F)c(-c2sc(C(=O)NCC(C)(C)O)nc2C(=O)N2CCCC[C@@H]2C)cn1. The van der Waals surface area contributed by atoms with Crippen molar-refractivity contribution in [1.82, 2.24) is 20.2 Å². The minimum atomic E-state index is -2.84. The maximum absolute atomic E-state index is 14.3. The molecule has 0 aliphatic carbocycles. The molecule has 1 aliphatic rings. The number of amides is 2. The lowest BCUT2D eigenvalue weighted by Gasteiger charge is -2.33. The van der Waals surface area contributed by atoms with Crippen molar-refractivity contribution in [2.45, 2.75) is 90.8 Å². The summed E-state index contributed by atoms with van der Waals surface area (Å²) in [6, 6.07) is 1.27. The van der Waals surface area contributed by atoms with Gasteiger partial charge in [-0.05, 0) is 66.4 Å². The molecule has 0 unspecified atom stereocenters. The molecule has 11 heteroatoms. The van der Waals surface area contributed by atoms with Crippen LogP contribution in [0.3, 0.4) is 0 Å². The average molecular weight is 538 g/mol. The summed E-state index contributed by atoms with van der Waals surface area (Å²) >= 11 is 0.874. The number of halogens is 2. The molecule has 3 rings (SSSR count). The maximum Gasteiger partial charge on any atom is 0.280 e. The van der Waals surface area contributed by atoms with E-state index in [-0.39, 0.29) is 44.8 Å². The third-order valence-corrected chi connectivity index (χ3v) is 7.62. The van der Waals surface area contributed by atoms with Crippen LogP contribution in [-0.2, 0) is 0 Å². The molecule has 2 aromatic rings. The van der Waals surface area contributed by atoms with Crippen molar-refractivity contribution in [3.05, 3.63) is 28.5 Å². The highest BCUT2D eigenvalue weighted by Gasteiger charge is 2.32. The quantitative estimate of drug-likeness (QED) is 0.403. The standard InChI is InChI=1S/C26H37F2N5O3S/c1-7-25(3,4)32-18-12-16(21(27)28)17(13-29-18)20-19(24(35)33-11-9-8-10-15(33)2)31-23(37-20)22(34)30-14-26(5,6)36/h12-13,15,21,36H,7-11,14H2,1-6H3,(H,29,32)(H,30,34)/t15-/m0/s1. The predicted molar refractivity (Wildman–Crippen MR) is 141 cm³/mol. The normalized spacial score (nSPS) is 16.7. The Morgan fingerprint density at radius 1 is 1.27 bits per heavy atom. The third-order valence-electron chi connectivity index (χ3n) is 6.54. The Balaban J connectivity index is 2.09. The van der Waals surface area contributed by atoms with E-state index in [0.717, 1.165) is 37.0 Å². The summed E-state index contributed by atoms with van der Waals surface area (Å²) in [6.07, 6.45) is 1.91. The smallest absolute Gasteiger partial charge is 0.280 e. The number of hydrogen-bond donors (Lipinski definition) is 3. The maximum atomic E-state index is 14.3. The number of carbonyl (C=O) groups excluding carboxylic acids is 2. The van der Waals surface area contributed by atoms with Crippen LogP contribution in [-0.4, -0.2) is 62.1 Å². The Morgan fingerprint density at radius 3 is 2.57 bits per heavy atom. The number of nitrogens with one attached hydrogen (secondary N) is 2. The number of anilines is 1. The van der Waals surface area contributed by atoms with Crippen LogP contribution in [0.4, 0.5) is 14.6 Å². The van der Waals surface area contributed by atoms with E-state index in [1.807, 2.05) is 27.7 Å². The molecule has 0 radical (unpaired) electrons. The number of aliphatic hydroxyl groups is 1. The van der Waals surface area contributed by atoms with Gasteiger partial charge in [0.2, 0.25) is 0 Å². The number of piperidine rings is 1. The van der Waals surface area contributed by atoms with E-state index in [9.17, 15) is 23.5 Å². The largest absolute Gasteiger partial charge is 0.389 e. The molecule has 2 amide bonds. The number of nitrogens with zero attached hydrogens (tertiary/aromatic N) is 3. The van der Waals surface area contributed by atoms with Gasteiger partial charge in [-0.25, -0.2) is 18.7 Å². The summed E-state index contributed by atoms with van der Waals surface area (Å²) in [4.78, 5) is 37.0. The zero-order valence-corrected chi connectivity index (χ0v) is 23.1. The number of thiazole rings is 1. The molecular formula is C26H37F2N5O3S. The summed E-state index contributed by atoms with van der Waals surface area (Å²) in [5, 5.41) is 15.7. The first-order valence-electron chi connectivity index (χ1n) is 12.6. The van der Waals surface area contributed by atoms with Crippen molar-refractivity contribution >= 4 is 29.0 Å². The Kier molecular flexibility index (Phi) is 8.89. The van der Waals surface area contributed by atoms with E-state index in [2.05, 4.69) is 20.6 Å². The Bertz CT molecular complexity index is 1130. The summed E-state index contributed by atoms with van der Waals surface area (Å²) in [7, 11) is 0. The van der Waals surface area contributed by atoms with Crippen molar-refractivity contribution in [1.29, 1.82) is 0 Å². The molecule has 1 aliphatic heterocycles. The molecule has 0 bridgehead atoms. The molecule has 204 valence electrons. The first-order chi connectivity index (χ1) is 17.2. The van der Waals surface area contributed by atoms with E-state index in [4.69, 9.17) is 0 Å². The number of alkyl halides is 2. The van der Waals surface area contributed by atoms with Crippen molar-refractivity contribution in [3.63, 3.8) is 0 Å². The van der Waals surface area contributed by atoms with Crippen molar-refractivity contribution in [3.8, 4) is 10.4 Å². The van der Waals surface area contributed by atoms with Crippen molar-refractivity contribution < 1.29 is 23.5 Å². The van der Waals surface area contributed by atoms with Gasteiger partial charge in [0.1, 0.15) is 11.5 Å². The van der Waals surface area contributed by atoms with Crippen LogP contribution in [0.15, 0.2) is 12.3 Å². The van der Waals surface area contributed by atoms with Gasteiger partial charge in [0.05, 0.1) is 10.5 Å². The molecule has 1 fully saturated rings. The van der Waals surface area contributed by atoms with Crippen molar-refractivity contribution in [2.24, 2.45) is 0 Å². The number of aromatic nitrogens is 2. The van der Waals surface area contributed by atoms with Gasteiger partial charge in [-0.3, -0.25) is 9.59 Å². The van der Waals surface area contributed by atoms with Gasteiger partial charge in [-0.1, -0.05) is 6.92 Å². The predicted octanol–water partition coefficient (Wildman–Crippen LogP) is 5.26. The second kappa shape index (κ2) is 11.4. The fraction of sp³-hybridized carbons (Fsp3) is 0.615. The Morgan fingerprint density at radius 2 is 1.97 bits per heavy atom. The summed E-state index contributed by atoms with van der Waals surface area (Å²) in [6.45, 7) is 11.4. The second-order valence-corrected chi connectivity index (χ2v) is 11.9. The molecule has 3 N–H and O–H groups in total. The number of carbonyl (C=O) groups is 2. The zero-order valence-electron chi connectivity index (χ0n) is 22.3. The number of likely N-dealkylation sites (tertiary alicyclic amines) is 1. The number of hydrogen-bond acceptors (Lipinski definition) is 7. The van der Waals surface area contributed by atoms with Gasteiger partial charge in [0, 0.05) is 42.0 Å². The molecule has 37 heavy (non-hydrogen) atoms. The van der Waals surface area contributed by atoms with Crippen LogP contribution in [0.5, 0.6) is 0 Å². The van der Waals surface area contributed by atoms with Gasteiger partial charge in [-0.2, -0.15) is 0 Å². The Hall–Kier alpha value is -2.66. The number of rotatable bonds is 9. The molecule has 2 aromatic heterocycles. The van der Waals surface area contributed by atoms with Gasteiger partial charge < -0.3 is 20.6 Å². The summed E-state index contributed by atoms with van der Waals surface area (Å²) < 4.78 is 28.6. The first-order valence-corrected chi connectivity index (χ1v) is 13.4. The van der Waals surface area contributed by atoms with E-state index in [0.29, 0.717) is 12.4 Å². The monoisotopic (exact) mass is 537 g/mol. The minimum absolute atomic E-state index is 0.0289. The second-order valence-electron chi connectivity index (χ2n) is 10.9. The van der Waals surface area contributed by atoms with E-state index >= 15 is 0 Å². The topological polar surface area (TPSA) is 107 Å². The molecule has 8 nitrogen and oxygen atoms in total. The molecule has 1 atom stereocenters. The highest BCUT2D eigenvalue weighted by Crippen LogP contribution is 2.39. The van der Waals surface area contributed by atoms with Crippen LogP contribution in [0.25, 0.3) is 10.4 Å². The lowest BCUT2D eigenvalue weighted by Crippen LogP contribution is -2.42. The van der Waals surface area contributed by atoms with E-state index < -0.39 is 23.8 Å². The molecule has 0 spiro atoms. The van der Waals surface area contributed by atoms with E-state index in [1.54, 1.807) is 18.7 Å². The molecule has 0 aromatic carbocycles. The average Bonchev–Trinajstić information content (AvgIpc) is 3.27. The fourth-order valence-electron chi connectivity index (χ4n) is 4.00. The molecule has 1 saturated heterocycles. The van der Waals surface area contributed by atoms with Gasteiger partial charge in [0.15, 0.2) is 5.01 Å². The van der Waals surface area contributed by atoms with Crippen LogP contribution in [0, 0.1) is 0 Å². The molecular weight excluding hydrogens is 500 g/mol. The van der Waals surface area contributed by atoms with Crippen LogP contribution in [0.1, 0.15) is 99.5 Å². The summed E-state index contributed by atoms with van der Waals surface area (Å²) in [5.74, 6) is -0.681. The lowest BCUT2D eigenvalue weighted by molar-refractivity contribution is 0.0630. The van der Waals surface area contributed by atoms with Gasteiger partial charge >= 0.3 is 0 Å². The lowest BCUT2D eigenvalue weighted by atomic mass is 10.0. The molecule has 0 saturated carbocycles. The fourth-order valence-corrected chi connectivity index (χ4v) is 5.00. The first kappa shape index (κ1) is 28.9. The Labute approximate surface area is 220 Å². The minimum Gasteiger partial charge on any atom is -0.389 e. The highest BCUT2D eigenvalue weighted by molar-refractivity contribution is 7.17. The van der Waals surface area contributed by atoms with E-state index in [1.165, 1.54) is 12.3 Å². The van der Waals surface area contributed by atoms with Crippen LogP contribution >= 0.6 is 11.3 Å². The zero-order chi connectivity index (χ0) is 27.5. The van der Waals surface area contributed by atoms with Crippen LogP contribution < -0.4 is 10.6 Å². The third kappa shape index (κ3) is 7.22.